The number of ether oxygens (including phenoxy) is 2. The number of rotatable bonds is 3. The minimum atomic E-state index is -0.493. The molecule has 0 aromatic carbocycles. The minimum Gasteiger partial charge on any atom is -0.467 e. The normalized spacial score (nSPS) is 21.4. The average molecular weight is 304 g/mol. The zero-order valence-electron chi connectivity index (χ0n) is 9.52. The molecule has 1 aromatic rings. The predicted octanol–water partition coefficient (Wildman–Crippen LogP) is 1.42. The van der Waals surface area contributed by atoms with E-state index in [0.29, 0.717) is 24.4 Å². The number of nitrogens with zero attached hydrogens (tertiary/aromatic N) is 1. The Morgan fingerprint density at radius 1 is 1.65 bits per heavy atom. The Balaban J connectivity index is 1.91. The molecule has 0 radical (unpaired) electrons. The number of furan rings is 1. The van der Waals surface area contributed by atoms with Gasteiger partial charge in [-0.05, 0) is 28.1 Å². The summed E-state index contributed by atoms with van der Waals surface area (Å²) in [4.78, 5) is 13.5. The van der Waals surface area contributed by atoms with Crippen molar-refractivity contribution >= 4 is 21.9 Å². The lowest BCUT2D eigenvalue weighted by molar-refractivity contribution is -0.160. The van der Waals surface area contributed by atoms with Gasteiger partial charge in [-0.1, -0.05) is 0 Å². The third kappa shape index (κ3) is 3.31. The molecule has 1 fully saturated rings. The zero-order valence-corrected chi connectivity index (χ0v) is 11.1. The summed E-state index contributed by atoms with van der Waals surface area (Å²) in [6.45, 7) is 2.51. The SMILES string of the molecule is COC(=O)C1CN(Cc2ccc(Br)o2)CCO1. The van der Waals surface area contributed by atoms with Gasteiger partial charge >= 0.3 is 5.97 Å². The highest BCUT2D eigenvalue weighted by Crippen LogP contribution is 2.17. The second-order valence-corrected chi connectivity index (χ2v) is 4.61. The molecule has 1 aromatic heterocycles. The molecular weight excluding hydrogens is 290 g/mol. The maximum absolute atomic E-state index is 11.4. The quantitative estimate of drug-likeness (QED) is 0.791. The zero-order chi connectivity index (χ0) is 12.3. The van der Waals surface area contributed by atoms with E-state index in [9.17, 15) is 4.79 Å². The highest BCUT2D eigenvalue weighted by molar-refractivity contribution is 9.10. The summed E-state index contributed by atoms with van der Waals surface area (Å²) in [5, 5.41) is 0. The molecule has 17 heavy (non-hydrogen) atoms. The van der Waals surface area contributed by atoms with E-state index in [1.54, 1.807) is 0 Å². The van der Waals surface area contributed by atoms with Crippen molar-refractivity contribution < 1.29 is 18.7 Å². The molecule has 6 heteroatoms. The van der Waals surface area contributed by atoms with Gasteiger partial charge in [0, 0.05) is 13.1 Å². The standard InChI is InChI=1S/C11H14BrNO4/c1-15-11(14)9-7-13(4-5-16-9)6-8-2-3-10(12)17-8/h2-3,9H,4-7H2,1H3. The summed E-state index contributed by atoms with van der Waals surface area (Å²) >= 11 is 3.26. The second-order valence-electron chi connectivity index (χ2n) is 3.82. The Labute approximate surface area is 108 Å². The van der Waals surface area contributed by atoms with E-state index in [2.05, 4.69) is 25.6 Å². The number of hydrogen-bond donors (Lipinski definition) is 0. The van der Waals surface area contributed by atoms with Crippen LogP contribution in [0.2, 0.25) is 0 Å². The van der Waals surface area contributed by atoms with Crippen molar-refractivity contribution in [2.24, 2.45) is 0 Å². The number of esters is 1. The summed E-state index contributed by atoms with van der Waals surface area (Å²) in [6, 6.07) is 3.76. The number of carbonyl (C=O) groups excluding carboxylic acids is 1. The highest BCUT2D eigenvalue weighted by atomic mass is 79.9. The van der Waals surface area contributed by atoms with Crippen LogP contribution in [-0.4, -0.2) is 43.8 Å². The van der Waals surface area contributed by atoms with Gasteiger partial charge in [-0.25, -0.2) is 4.79 Å². The monoisotopic (exact) mass is 303 g/mol. The molecule has 1 aliphatic heterocycles. The Hall–Kier alpha value is -0.850. The van der Waals surface area contributed by atoms with Crippen molar-refractivity contribution in [1.82, 2.24) is 4.90 Å². The van der Waals surface area contributed by atoms with Crippen molar-refractivity contribution in [3.8, 4) is 0 Å². The van der Waals surface area contributed by atoms with Crippen molar-refractivity contribution in [3.05, 3.63) is 22.6 Å². The first-order chi connectivity index (χ1) is 8.19. The number of carbonyl (C=O) groups is 1. The van der Waals surface area contributed by atoms with E-state index >= 15 is 0 Å². The summed E-state index contributed by atoms with van der Waals surface area (Å²) in [6.07, 6.45) is -0.493. The summed E-state index contributed by atoms with van der Waals surface area (Å²) < 4.78 is 16.2. The Morgan fingerprint density at radius 3 is 3.12 bits per heavy atom. The third-order valence-electron chi connectivity index (χ3n) is 2.62. The van der Waals surface area contributed by atoms with Crippen LogP contribution in [0.3, 0.4) is 0 Å². The Kier molecular flexibility index (Phi) is 4.20. The molecule has 2 heterocycles. The first-order valence-corrected chi connectivity index (χ1v) is 6.14. The van der Waals surface area contributed by atoms with Crippen LogP contribution in [0.4, 0.5) is 0 Å². The first kappa shape index (κ1) is 12.6. The van der Waals surface area contributed by atoms with Crippen LogP contribution in [0.25, 0.3) is 0 Å². The highest BCUT2D eigenvalue weighted by Gasteiger charge is 2.27. The molecule has 0 N–H and O–H groups in total. The van der Waals surface area contributed by atoms with Crippen molar-refractivity contribution in [3.63, 3.8) is 0 Å². The van der Waals surface area contributed by atoms with Crippen LogP contribution in [0.15, 0.2) is 21.2 Å². The lowest BCUT2D eigenvalue weighted by Gasteiger charge is -2.30. The lowest BCUT2D eigenvalue weighted by Crippen LogP contribution is -2.45. The maximum atomic E-state index is 11.4. The number of hydrogen-bond acceptors (Lipinski definition) is 5. The fraction of sp³-hybridized carbons (Fsp3) is 0.545. The molecule has 0 saturated carbocycles. The average Bonchev–Trinajstić information content (AvgIpc) is 2.74. The van der Waals surface area contributed by atoms with E-state index in [1.165, 1.54) is 7.11 Å². The van der Waals surface area contributed by atoms with Crippen molar-refractivity contribution in [2.75, 3.05) is 26.8 Å². The molecular formula is C11H14BrNO4. The van der Waals surface area contributed by atoms with E-state index in [-0.39, 0.29) is 5.97 Å². The van der Waals surface area contributed by atoms with Crippen molar-refractivity contribution in [2.45, 2.75) is 12.6 Å². The molecule has 5 nitrogen and oxygen atoms in total. The molecule has 2 rings (SSSR count). The maximum Gasteiger partial charge on any atom is 0.336 e. The smallest absolute Gasteiger partial charge is 0.336 e. The van der Waals surface area contributed by atoms with E-state index < -0.39 is 6.10 Å². The topological polar surface area (TPSA) is 51.9 Å². The van der Waals surface area contributed by atoms with Gasteiger partial charge in [-0.2, -0.15) is 0 Å². The van der Waals surface area contributed by atoms with Gasteiger partial charge in [0.25, 0.3) is 0 Å². The minimum absolute atomic E-state index is 0.324. The Bertz CT molecular complexity index is 393. The van der Waals surface area contributed by atoms with Gasteiger partial charge < -0.3 is 13.9 Å². The van der Waals surface area contributed by atoms with Gasteiger partial charge in [0.2, 0.25) is 0 Å². The van der Waals surface area contributed by atoms with E-state index in [0.717, 1.165) is 12.3 Å². The molecule has 1 unspecified atom stereocenters. The van der Waals surface area contributed by atoms with Crippen LogP contribution in [0, 0.1) is 0 Å². The molecule has 0 amide bonds. The summed E-state index contributed by atoms with van der Waals surface area (Å²) in [5.41, 5.74) is 0. The third-order valence-corrected chi connectivity index (χ3v) is 3.05. The van der Waals surface area contributed by atoms with Crippen LogP contribution in [-0.2, 0) is 20.8 Å². The van der Waals surface area contributed by atoms with Gasteiger partial charge in [-0.15, -0.1) is 0 Å². The van der Waals surface area contributed by atoms with Crippen LogP contribution in [0.5, 0.6) is 0 Å². The fourth-order valence-corrected chi connectivity index (χ4v) is 2.12. The van der Waals surface area contributed by atoms with Crippen LogP contribution < -0.4 is 0 Å². The molecule has 1 aliphatic rings. The largest absolute Gasteiger partial charge is 0.467 e. The molecule has 1 atom stereocenters. The predicted molar refractivity (Wildman–Crippen MR) is 63.4 cm³/mol. The first-order valence-electron chi connectivity index (χ1n) is 5.35. The van der Waals surface area contributed by atoms with Gasteiger partial charge in [-0.3, -0.25) is 4.90 Å². The van der Waals surface area contributed by atoms with Crippen LogP contribution >= 0.6 is 15.9 Å². The Morgan fingerprint density at radius 2 is 2.47 bits per heavy atom. The fourth-order valence-electron chi connectivity index (χ4n) is 1.78. The number of halogens is 1. The molecule has 94 valence electrons. The van der Waals surface area contributed by atoms with Gasteiger partial charge in [0.05, 0.1) is 20.3 Å². The summed E-state index contributed by atoms with van der Waals surface area (Å²) in [7, 11) is 1.37. The summed E-state index contributed by atoms with van der Waals surface area (Å²) in [5.74, 6) is 0.540. The number of methoxy groups -OCH3 is 1. The molecule has 0 spiro atoms. The molecule has 0 bridgehead atoms. The lowest BCUT2D eigenvalue weighted by atomic mass is 10.2. The number of morpholine rings is 1. The van der Waals surface area contributed by atoms with Crippen LogP contribution in [0.1, 0.15) is 5.76 Å². The molecule has 0 aliphatic carbocycles. The van der Waals surface area contributed by atoms with Crippen molar-refractivity contribution in [1.29, 1.82) is 0 Å². The molecule has 1 saturated heterocycles. The van der Waals surface area contributed by atoms with Gasteiger partial charge in [0.1, 0.15) is 5.76 Å². The van der Waals surface area contributed by atoms with Gasteiger partial charge in [0.15, 0.2) is 10.8 Å². The van der Waals surface area contributed by atoms with E-state index in [4.69, 9.17) is 9.15 Å². The van der Waals surface area contributed by atoms with E-state index in [1.807, 2.05) is 12.1 Å². The second kappa shape index (κ2) is 5.66.